The lowest BCUT2D eigenvalue weighted by Crippen LogP contribution is -2.52. The van der Waals surface area contributed by atoms with E-state index < -0.39 is 0 Å². The number of carbonyl (C=O) groups is 2. The van der Waals surface area contributed by atoms with Gasteiger partial charge >= 0.3 is 11.9 Å². The molecule has 1 heterocycles. The van der Waals surface area contributed by atoms with Gasteiger partial charge in [-0.25, -0.2) is 0 Å². The number of unbranched alkanes of at least 4 members (excludes halogenated alkanes) is 16. The lowest BCUT2D eigenvalue weighted by Gasteiger charge is -2.46. The van der Waals surface area contributed by atoms with Crippen LogP contribution in [0.5, 0.6) is 0 Å². The van der Waals surface area contributed by atoms with Gasteiger partial charge in [-0.1, -0.05) is 182 Å². The molecule has 2 fully saturated rings. The fourth-order valence-corrected chi connectivity index (χ4v) is 9.52. The highest BCUT2D eigenvalue weighted by Gasteiger charge is 2.46. The maximum absolute atomic E-state index is 12.4. The zero-order chi connectivity index (χ0) is 40.4. The highest BCUT2D eigenvalue weighted by Crippen LogP contribution is 2.47. The van der Waals surface area contributed by atoms with Crippen molar-refractivity contribution in [2.75, 3.05) is 26.4 Å². The molecule has 0 atom stereocenters. The highest BCUT2D eigenvalue weighted by molar-refractivity contribution is 5.69. The normalized spacial score (nSPS) is 18.1. The van der Waals surface area contributed by atoms with Gasteiger partial charge in [-0.15, -0.1) is 0 Å². The molecule has 1 saturated carbocycles. The fraction of sp³-hybridized carbons (Fsp3) is 0.960. The SMILES string of the molecule is CCCCCC(CCCCC)CCOC(=O)CCCCCCCC(CCCCCCCC(=O)OCCC(CCCCC)CCCCC)NC1CC2(CCOC2)C1. The summed E-state index contributed by atoms with van der Waals surface area (Å²) in [7, 11) is 0. The molecule has 6 heteroatoms. The second kappa shape index (κ2) is 34.7. The van der Waals surface area contributed by atoms with Crippen LogP contribution in [-0.4, -0.2) is 50.4 Å². The largest absolute Gasteiger partial charge is 0.466 e. The van der Waals surface area contributed by atoms with E-state index in [2.05, 4.69) is 33.0 Å². The zero-order valence-corrected chi connectivity index (χ0v) is 37.9. The summed E-state index contributed by atoms with van der Waals surface area (Å²) in [6, 6.07) is 1.26. The number of ether oxygens (including phenoxy) is 3. The Bertz CT molecular complexity index is 835. The topological polar surface area (TPSA) is 73.9 Å². The quantitative estimate of drug-likeness (QED) is 0.0492. The lowest BCUT2D eigenvalue weighted by atomic mass is 9.65. The van der Waals surface area contributed by atoms with Crippen LogP contribution in [-0.2, 0) is 23.8 Å². The molecule has 6 nitrogen and oxygen atoms in total. The Hall–Kier alpha value is -1.14. The maximum atomic E-state index is 12.4. The van der Waals surface area contributed by atoms with Gasteiger partial charge in [0.05, 0.1) is 19.8 Å². The second-order valence-electron chi connectivity index (χ2n) is 18.6. The minimum absolute atomic E-state index is 0.00989. The van der Waals surface area contributed by atoms with Gasteiger partial charge in [0.15, 0.2) is 0 Å². The molecule has 1 saturated heterocycles. The van der Waals surface area contributed by atoms with Crippen LogP contribution < -0.4 is 5.32 Å². The monoisotopic (exact) mass is 790 g/mol. The highest BCUT2D eigenvalue weighted by atomic mass is 16.5. The molecule has 1 spiro atoms. The molecule has 0 bridgehead atoms. The molecule has 0 aromatic carbocycles. The molecule has 56 heavy (non-hydrogen) atoms. The average molecular weight is 790 g/mol. The molecule has 2 rings (SSSR count). The summed E-state index contributed by atoms with van der Waals surface area (Å²) in [6.45, 7) is 12.2. The average Bonchev–Trinajstić information content (AvgIpc) is 3.67. The fourth-order valence-electron chi connectivity index (χ4n) is 9.52. The van der Waals surface area contributed by atoms with Gasteiger partial charge in [0.1, 0.15) is 0 Å². The molecular weight excluding hydrogens is 695 g/mol. The molecule has 0 aromatic rings. The number of esters is 2. The first kappa shape index (κ1) is 51.0. The number of nitrogens with one attached hydrogen (secondary N) is 1. The van der Waals surface area contributed by atoms with Crippen molar-refractivity contribution < 1.29 is 23.8 Å². The third-order valence-corrected chi connectivity index (χ3v) is 13.3. The summed E-state index contributed by atoms with van der Waals surface area (Å²) >= 11 is 0. The standard InChI is InChI=1S/C50H95NO5/c1-5-9-19-27-44(28-20-10-6-2)35-38-55-48(52)33-25-17-13-15-23-31-46(51-47-41-50(42-47)37-40-54-43-50)32-24-16-14-18-26-34-49(53)56-39-36-45(29-21-11-7-3)30-22-12-8-4/h44-47,51H,5-43H2,1-4H3. The van der Waals surface area contributed by atoms with E-state index in [0.717, 1.165) is 63.6 Å². The number of rotatable bonds is 40. The third-order valence-electron chi connectivity index (χ3n) is 13.3. The Balaban J connectivity index is 1.57. The molecule has 0 amide bonds. The van der Waals surface area contributed by atoms with Crippen LogP contribution in [0.2, 0.25) is 0 Å². The Morgan fingerprint density at radius 1 is 0.536 bits per heavy atom. The molecule has 1 aliphatic heterocycles. The van der Waals surface area contributed by atoms with Crippen molar-refractivity contribution in [3.63, 3.8) is 0 Å². The Morgan fingerprint density at radius 2 is 0.929 bits per heavy atom. The molecule has 1 N–H and O–H groups in total. The van der Waals surface area contributed by atoms with E-state index >= 15 is 0 Å². The molecular formula is C50H95NO5. The van der Waals surface area contributed by atoms with Crippen LogP contribution in [0.25, 0.3) is 0 Å². The molecule has 0 unspecified atom stereocenters. The van der Waals surface area contributed by atoms with Crippen LogP contribution in [0.1, 0.15) is 252 Å². The molecule has 330 valence electrons. The number of carbonyl (C=O) groups excluding carboxylic acids is 2. The second-order valence-corrected chi connectivity index (χ2v) is 18.6. The van der Waals surface area contributed by atoms with E-state index in [1.165, 1.54) is 173 Å². The molecule has 0 aromatic heterocycles. The van der Waals surface area contributed by atoms with Crippen molar-refractivity contribution in [3.05, 3.63) is 0 Å². The van der Waals surface area contributed by atoms with Crippen molar-refractivity contribution in [2.45, 2.75) is 265 Å². The minimum atomic E-state index is 0.00989. The summed E-state index contributed by atoms with van der Waals surface area (Å²) in [5.74, 6) is 1.46. The molecule has 0 radical (unpaired) electrons. The van der Waals surface area contributed by atoms with Crippen molar-refractivity contribution in [3.8, 4) is 0 Å². The van der Waals surface area contributed by atoms with Gasteiger partial charge in [0, 0.05) is 31.5 Å². The number of hydrogen-bond acceptors (Lipinski definition) is 6. The maximum Gasteiger partial charge on any atom is 0.305 e. The van der Waals surface area contributed by atoms with Gasteiger partial charge in [-0.3, -0.25) is 9.59 Å². The smallest absolute Gasteiger partial charge is 0.305 e. The predicted molar refractivity (Wildman–Crippen MR) is 237 cm³/mol. The first-order chi connectivity index (χ1) is 27.4. The first-order valence-corrected chi connectivity index (χ1v) is 25.1. The lowest BCUT2D eigenvalue weighted by molar-refractivity contribution is -0.145. The minimum Gasteiger partial charge on any atom is -0.466 e. The third kappa shape index (κ3) is 26.1. The van der Waals surface area contributed by atoms with Crippen molar-refractivity contribution >= 4 is 11.9 Å². The van der Waals surface area contributed by atoms with E-state index in [0.29, 0.717) is 43.6 Å². The van der Waals surface area contributed by atoms with Gasteiger partial charge in [0.25, 0.3) is 0 Å². The van der Waals surface area contributed by atoms with Crippen molar-refractivity contribution in [1.82, 2.24) is 5.32 Å². The van der Waals surface area contributed by atoms with Crippen LogP contribution >= 0.6 is 0 Å². The van der Waals surface area contributed by atoms with Crippen molar-refractivity contribution in [1.29, 1.82) is 0 Å². The molecule has 1 aliphatic carbocycles. The summed E-state index contributed by atoms with van der Waals surface area (Å²) in [5.41, 5.74) is 0.473. The van der Waals surface area contributed by atoms with E-state index in [-0.39, 0.29) is 11.9 Å². The van der Waals surface area contributed by atoms with Gasteiger partial charge < -0.3 is 19.5 Å². The zero-order valence-electron chi connectivity index (χ0n) is 37.9. The predicted octanol–water partition coefficient (Wildman–Crippen LogP) is 14.4. The number of hydrogen-bond donors (Lipinski definition) is 1. The van der Waals surface area contributed by atoms with Crippen LogP contribution in [0, 0.1) is 17.3 Å². The summed E-state index contributed by atoms with van der Waals surface area (Å²) < 4.78 is 17.1. The summed E-state index contributed by atoms with van der Waals surface area (Å²) in [6.07, 6.45) is 42.0. The van der Waals surface area contributed by atoms with E-state index in [9.17, 15) is 9.59 Å². The summed E-state index contributed by atoms with van der Waals surface area (Å²) in [5, 5.41) is 4.07. The van der Waals surface area contributed by atoms with Gasteiger partial charge in [0.2, 0.25) is 0 Å². The Kier molecular flexibility index (Phi) is 31.6. The van der Waals surface area contributed by atoms with E-state index in [1.54, 1.807) is 0 Å². The van der Waals surface area contributed by atoms with Crippen LogP contribution in [0.3, 0.4) is 0 Å². The Labute approximate surface area is 348 Å². The van der Waals surface area contributed by atoms with Crippen LogP contribution in [0.4, 0.5) is 0 Å². The van der Waals surface area contributed by atoms with E-state index in [4.69, 9.17) is 14.2 Å². The molecule has 2 aliphatic rings. The van der Waals surface area contributed by atoms with Crippen LogP contribution in [0.15, 0.2) is 0 Å². The van der Waals surface area contributed by atoms with E-state index in [1.807, 2.05) is 0 Å². The first-order valence-electron chi connectivity index (χ1n) is 25.1. The summed E-state index contributed by atoms with van der Waals surface area (Å²) in [4.78, 5) is 24.9. The Morgan fingerprint density at radius 3 is 1.32 bits per heavy atom. The van der Waals surface area contributed by atoms with Gasteiger partial charge in [-0.2, -0.15) is 0 Å². The van der Waals surface area contributed by atoms with Gasteiger partial charge in [-0.05, 0) is 75.0 Å². The van der Waals surface area contributed by atoms with Crippen molar-refractivity contribution in [2.24, 2.45) is 17.3 Å².